The summed E-state index contributed by atoms with van der Waals surface area (Å²) in [6.45, 7) is 19.9. The zero-order valence-electron chi connectivity index (χ0n) is 63.0. The fourth-order valence-corrected chi connectivity index (χ4v) is 15.5. The zero-order chi connectivity index (χ0) is 71.7. The minimum Gasteiger partial charge on any atom is -0.458 e. The van der Waals surface area contributed by atoms with Crippen molar-refractivity contribution in [3.63, 3.8) is 0 Å². The maximum atomic E-state index is 9.80. The van der Waals surface area contributed by atoms with Crippen LogP contribution in [0.2, 0.25) is 0 Å². The molecular formula is C91H75BN2O. The van der Waals surface area contributed by atoms with Gasteiger partial charge >= 0.3 is 0 Å². The topological polar surface area (TPSA) is 17.4 Å². The molecule has 0 N–H and O–H groups in total. The largest absolute Gasteiger partial charge is 0.458 e. The number of fused-ring (bicyclic) bond motifs is 10. The summed E-state index contributed by atoms with van der Waals surface area (Å²) in [6, 6.07) is 84.1. The first-order chi connectivity index (χ1) is 49.3. The van der Waals surface area contributed by atoms with Crippen LogP contribution in [0.3, 0.4) is 0 Å². The lowest BCUT2D eigenvalue weighted by molar-refractivity contribution is 0.488. The lowest BCUT2D eigenvalue weighted by atomic mass is 9.34. The minimum atomic E-state index is -0.797. The summed E-state index contributed by atoms with van der Waals surface area (Å²) in [5.74, 6) is 1.38. The SMILES string of the molecule is [2H]c1c([2H])c([2H])c2c(c1[2H])c1c([2H])c([2H])c([2H])c([2H])c1n2-c1ccc2c(c1)N(c1c(-c3ccccc3)cc(C(C)(C)C)cc1-c1ccccc1)c1cc(-c3cccc4c3C(c3ccccc3)(c3ccccc3)c3ccccc3-4)cc3c1B2c1ccc(-c2cc(C(C)(C)C)cc(C(C)(C)C)c2)cc1O3. The molecule has 0 fully saturated rings. The van der Waals surface area contributed by atoms with Gasteiger partial charge in [-0.05, 0) is 171 Å². The Labute approximate surface area is 571 Å². The van der Waals surface area contributed by atoms with E-state index in [1.54, 1.807) is 4.57 Å². The van der Waals surface area contributed by atoms with E-state index < -0.39 is 48.4 Å². The fraction of sp³-hybridized carbons (Fsp3) is 0.143. The summed E-state index contributed by atoms with van der Waals surface area (Å²) in [5, 5.41) is 0.0169. The van der Waals surface area contributed by atoms with Gasteiger partial charge in [0.05, 0.1) is 33.1 Å². The number of hydrogen-bond donors (Lipinski definition) is 0. The number of hydrogen-bond acceptors (Lipinski definition) is 2. The highest BCUT2D eigenvalue weighted by Crippen LogP contribution is 2.60. The van der Waals surface area contributed by atoms with Crippen LogP contribution in [-0.4, -0.2) is 11.3 Å². The average molecular weight is 1230 g/mol. The summed E-state index contributed by atoms with van der Waals surface area (Å²) in [6.07, 6.45) is 0. The van der Waals surface area contributed by atoms with Gasteiger partial charge in [-0.2, -0.15) is 0 Å². The highest BCUT2D eigenvalue weighted by molar-refractivity contribution is 6.99. The molecule has 14 aromatic rings. The van der Waals surface area contributed by atoms with Gasteiger partial charge in [0.2, 0.25) is 0 Å². The fourth-order valence-electron chi connectivity index (χ4n) is 15.5. The number of benzene rings is 13. The molecule has 4 heteroatoms. The van der Waals surface area contributed by atoms with Crippen LogP contribution < -0.4 is 26.0 Å². The Balaban J connectivity index is 1.05. The number of anilines is 3. The van der Waals surface area contributed by atoms with E-state index in [4.69, 9.17) is 7.48 Å². The van der Waals surface area contributed by atoms with Crippen molar-refractivity contribution in [3.8, 4) is 72.8 Å². The third-order valence-electron chi connectivity index (χ3n) is 20.2. The van der Waals surface area contributed by atoms with E-state index in [0.29, 0.717) is 17.2 Å². The molecule has 17 rings (SSSR count). The second-order valence-electron chi connectivity index (χ2n) is 29.0. The molecule has 1 aliphatic carbocycles. The Bertz CT molecular complexity index is 5680. The van der Waals surface area contributed by atoms with Crippen LogP contribution in [-0.2, 0) is 21.7 Å². The molecule has 0 spiro atoms. The van der Waals surface area contributed by atoms with E-state index in [1.807, 2.05) is 18.2 Å². The lowest BCUT2D eigenvalue weighted by Crippen LogP contribution is -2.59. The molecule has 95 heavy (non-hydrogen) atoms. The monoisotopic (exact) mass is 1230 g/mol. The van der Waals surface area contributed by atoms with Crippen molar-refractivity contribution in [2.45, 2.75) is 84.0 Å². The molecule has 0 radical (unpaired) electrons. The highest BCUT2D eigenvalue weighted by atomic mass is 16.5. The van der Waals surface area contributed by atoms with Gasteiger partial charge in [0.1, 0.15) is 11.5 Å². The van der Waals surface area contributed by atoms with Crippen LogP contribution >= 0.6 is 0 Å². The van der Waals surface area contributed by atoms with Gasteiger partial charge in [0.15, 0.2) is 0 Å². The lowest BCUT2D eigenvalue weighted by Gasteiger charge is -2.42. The minimum absolute atomic E-state index is 0.00847. The van der Waals surface area contributed by atoms with Gasteiger partial charge in [-0.1, -0.05) is 299 Å². The molecule has 458 valence electrons. The van der Waals surface area contributed by atoms with Crippen LogP contribution in [0.5, 0.6) is 11.5 Å². The predicted molar refractivity (Wildman–Crippen MR) is 402 cm³/mol. The first kappa shape index (κ1) is 49.9. The summed E-state index contributed by atoms with van der Waals surface area (Å²) >= 11 is 0. The molecule has 0 saturated carbocycles. The van der Waals surface area contributed by atoms with Gasteiger partial charge < -0.3 is 14.2 Å². The van der Waals surface area contributed by atoms with Crippen molar-refractivity contribution < 1.29 is 15.7 Å². The Morgan fingerprint density at radius 2 is 0.884 bits per heavy atom. The van der Waals surface area contributed by atoms with E-state index in [0.717, 1.165) is 111 Å². The number of para-hydroxylation sites is 2. The van der Waals surface area contributed by atoms with E-state index in [1.165, 1.54) is 16.7 Å². The van der Waals surface area contributed by atoms with Crippen molar-refractivity contribution >= 4 is 62.0 Å². The molecular weight excluding hydrogens is 1150 g/mol. The second kappa shape index (κ2) is 21.7. The first-order valence-corrected chi connectivity index (χ1v) is 33.1. The zero-order valence-corrected chi connectivity index (χ0v) is 55.0. The number of aromatic nitrogens is 1. The van der Waals surface area contributed by atoms with E-state index in [-0.39, 0.29) is 50.1 Å². The van der Waals surface area contributed by atoms with E-state index >= 15 is 0 Å². The second-order valence-corrected chi connectivity index (χ2v) is 29.0. The molecule has 1 aromatic heterocycles. The molecule has 0 bridgehead atoms. The summed E-state index contributed by atoms with van der Waals surface area (Å²) in [7, 11) is 0. The maximum absolute atomic E-state index is 9.80. The molecule has 3 heterocycles. The van der Waals surface area contributed by atoms with E-state index in [9.17, 15) is 8.22 Å². The quantitative estimate of drug-likeness (QED) is 0.141. The van der Waals surface area contributed by atoms with Gasteiger partial charge in [0.25, 0.3) is 6.71 Å². The highest BCUT2D eigenvalue weighted by Gasteiger charge is 2.49. The molecule has 0 amide bonds. The molecule has 0 unspecified atom stereocenters. The van der Waals surface area contributed by atoms with Gasteiger partial charge in [-0.25, -0.2) is 0 Å². The average Bonchev–Trinajstić information content (AvgIpc) is 1.66. The predicted octanol–water partition coefficient (Wildman–Crippen LogP) is 22.1. The van der Waals surface area contributed by atoms with Crippen LogP contribution in [0.15, 0.2) is 291 Å². The Hall–Kier alpha value is -10.7. The van der Waals surface area contributed by atoms with Crippen LogP contribution in [0.1, 0.15) is 112 Å². The standard InChI is InChI=1S/C91H75BN2O/c1-88(2,3)65-49-61(50-66(54-65)89(4,5)6)60-45-47-78-83(52-60)95-84-53-62(69-40-28-41-73-70-37-22-25-42-76(70)91(85(69)73,63-33-18-12-19-34-63)64-35-20-13-21-36-64)51-82-86(84)92(78)77-48-46-68(93-79-43-26-23-38-71(79)72-39-24-27-44-80(72)93)57-81(77)94(82)87-74(58-29-14-10-15-30-58)55-67(90(7,8)9)56-75(87)59-31-16-11-17-32-59/h10-57H,1-9H3/i23D,24D,26D,27D,38D,39D,43D,44D. The van der Waals surface area contributed by atoms with Gasteiger partial charge in [-0.3, -0.25) is 0 Å². The normalized spacial score (nSPS) is 14.8. The Morgan fingerprint density at radius 3 is 1.47 bits per heavy atom. The van der Waals surface area contributed by atoms with Crippen molar-refractivity contribution in [2.75, 3.05) is 4.90 Å². The van der Waals surface area contributed by atoms with Gasteiger partial charge in [0, 0.05) is 39.0 Å². The summed E-state index contributed by atoms with van der Waals surface area (Å²) < 4.78 is 84.7. The van der Waals surface area contributed by atoms with Crippen molar-refractivity contribution in [3.05, 3.63) is 330 Å². The molecule has 0 atom stereocenters. The summed E-state index contributed by atoms with van der Waals surface area (Å²) in [4.78, 5) is 2.40. The summed E-state index contributed by atoms with van der Waals surface area (Å²) in [5.41, 5.74) is 22.7. The molecule has 13 aromatic carbocycles. The molecule has 0 saturated heterocycles. The van der Waals surface area contributed by atoms with Crippen molar-refractivity contribution in [1.82, 2.24) is 4.57 Å². The van der Waals surface area contributed by atoms with Crippen molar-refractivity contribution in [1.29, 1.82) is 0 Å². The molecule has 2 aliphatic heterocycles. The number of ether oxygens (including phenoxy) is 1. The smallest absolute Gasteiger partial charge is 0.256 e. The number of rotatable bonds is 8. The maximum Gasteiger partial charge on any atom is 0.256 e. The van der Waals surface area contributed by atoms with Crippen LogP contribution in [0.4, 0.5) is 17.1 Å². The first-order valence-electron chi connectivity index (χ1n) is 37.1. The van der Waals surface area contributed by atoms with Crippen LogP contribution in [0.25, 0.3) is 83.1 Å². The number of nitrogens with zero attached hydrogens (tertiary/aromatic N) is 2. The van der Waals surface area contributed by atoms with Crippen LogP contribution in [0, 0.1) is 0 Å². The van der Waals surface area contributed by atoms with Gasteiger partial charge in [-0.15, -0.1) is 0 Å². The Morgan fingerprint density at radius 1 is 0.379 bits per heavy atom. The third kappa shape index (κ3) is 9.23. The van der Waals surface area contributed by atoms with E-state index in [2.05, 4.69) is 292 Å². The third-order valence-corrected chi connectivity index (χ3v) is 20.2. The molecule has 3 aliphatic rings. The Kier molecular flexibility index (Phi) is 11.4. The molecule has 3 nitrogen and oxygen atoms in total. The van der Waals surface area contributed by atoms with Crippen molar-refractivity contribution in [2.24, 2.45) is 0 Å².